The van der Waals surface area contributed by atoms with Gasteiger partial charge in [-0.2, -0.15) is 0 Å². The van der Waals surface area contributed by atoms with Crippen LogP contribution >= 0.6 is 0 Å². The molecule has 1 atom stereocenters. The van der Waals surface area contributed by atoms with Gasteiger partial charge in [-0.25, -0.2) is 4.68 Å². The maximum Gasteiger partial charge on any atom is 0.168 e. The molecule has 0 aliphatic carbocycles. The summed E-state index contributed by atoms with van der Waals surface area (Å²) in [4.78, 5) is 0. The number of tetrazole rings is 1. The normalized spacial score (nSPS) is 14.1. The maximum absolute atomic E-state index is 4.19. The third kappa shape index (κ3) is 2.09. The van der Waals surface area contributed by atoms with Crippen LogP contribution in [0.4, 0.5) is 0 Å². The predicted octanol–water partition coefficient (Wildman–Crippen LogP) is 1.88. The molecule has 0 saturated carbocycles. The lowest BCUT2D eigenvalue weighted by atomic mass is 9.89. The van der Waals surface area contributed by atoms with Gasteiger partial charge in [0.1, 0.15) is 0 Å². The lowest BCUT2D eigenvalue weighted by Crippen LogP contribution is -2.36. The average molecular weight is 225 g/mol. The Hall–Kier alpha value is -0.970. The summed E-state index contributed by atoms with van der Waals surface area (Å²) in [5.41, 5.74) is 0.0595. The molecule has 1 aromatic heterocycles. The SMILES string of the molecule is CCC(CC)(CC)n1nnnc1C(C)NC. The number of nitrogens with zero attached hydrogens (tertiary/aromatic N) is 4. The highest BCUT2D eigenvalue weighted by molar-refractivity contribution is 4.96. The van der Waals surface area contributed by atoms with Crippen LogP contribution in [-0.2, 0) is 5.54 Å². The monoisotopic (exact) mass is 225 g/mol. The number of hydrogen-bond donors (Lipinski definition) is 1. The van der Waals surface area contributed by atoms with Gasteiger partial charge in [-0.3, -0.25) is 0 Å². The number of nitrogens with one attached hydrogen (secondary N) is 1. The van der Waals surface area contributed by atoms with E-state index in [0.29, 0.717) is 0 Å². The summed E-state index contributed by atoms with van der Waals surface area (Å²) in [7, 11) is 1.93. The van der Waals surface area contributed by atoms with Gasteiger partial charge in [-0.1, -0.05) is 20.8 Å². The van der Waals surface area contributed by atoms with E-state index in [9.17, 15) is 0 Å². The fraction of sp³-hybridized carbons (Fsp3) is 0.909. The number of hydrogen-bond acceptors (Lipinski definition) is 4. The van der Waals surface area contributed by atoms with Crippen molar-refractivity contribution in [1.29, 1.82) is 0 Å². The molecule has 5 nitrogen and oxygen atoms in total. The molecule has 1 rings (SSSR count). The van der Waals surface area contributed by atoms with Crippen molar-refractivity contribution >= 4 is 0 Å². The Balaban J connectivity index is 3.15. The molecule has 5 heteroatoms. The second-order valence-corrected chi connectivity index (χ2v) is 4.24. The van der Waals surface area contributed by atoms with Crippen molar-refractivity contribution in [2.45, 2.75) is 58.5 Å². The molecule has 0 radical (unpaired) electrons. The van der Waals surface area contributed by atoms with E-state index in [-0.39, 0.29) is 11.6 Å². The zero-order valence-electron chi connectivity index (χ0n) is 11.0. The minimum atomic E-state index is 0.0595. The van der Waals surface area contributed by atoms with E-state index in [0.717, 1.165) is 25.1 Å². The topological polar surface area (TPSA) is 55.6 Å². The molecule has 0 spiro atoms. The van der Waals surface area contributed by atoms with Crippen molar-refractivity contribution in [3.05, 3.63) is 5.82 Å². The quantitative estimate of drug-likeness (QED) is 0.803. The van der Waals surface area contributed by atoms with Gasteiger partial charge in [0.2, 0.25) is 0 Å². The fourth-order valence-electron chi connectivity index (χ4n) is 2.13. The standard InChI is InChI=1S/C11H23N5/c1-6-11(7-2,8-3)16-10(9(4)12-5)13-14-15-16/h9,12H,6-8H2,1-5H3. The van der Waals surface area contributed by atoms with E-state index >= 15 is 0 Å². The summed E-state index contributed by atoms with van der Waals surface area (Å²) in [6.07, 6.45) is 3.15. The molecule has 1 unspecified atom stereocenters. The molecule has 0 fully saturated rings. The van der Waals surface area contributed by atoms with E-state index in [1.807, 2.05) is 11.7 Å². The van der Waals surface area contributed by atoms with E-state index in [1.54, 1.807) is 0 Å². The van der Waals surface area contributed by atoms with E-state index < -0.39 is 0 Å². The Morgan fingerprint density at radius 2 is 1.81 bits per heavy atom. The molecular weight excluding hydrogens is 202 g/mol. The Kier molecular flexibility index (Phi) is 4.41. The van der Waals surface area contributed by atoms with E-state index in [4.69, 9.17) is 0 Å². The first kappa shape index (κ1) is 13.1. The molecule has 1 aromatic rings. The first-order valence-electron chi connectivity index (χ1n) is 6.11. The van der Waals surface area contributed by atoms with Crippen LogP contribution in [0.25, 0.3) is 0 Å². The smallest absolute Gasteiger partial charge is 0.168 e. The Labute approximate surface area is 97.6 Å². The van der Waals surface area contributed by atoms with Gasteiger partial charge in [-0.15, -0.1) is 5.10 Å². The van der Waals surface area contributed by atoms with Gasteiger partial charge in [0.05, 0.1) is 11.6 Å². The third-order valence-electron chi connectivity index (χ3n) is 3.74. The first-order chi connectivity index (χ1) is 7.65. The van der Waals surface area contributed by atoms with Crippen LogP contribution in [0, 0.1) is 0 Å². The van der Waals surface area contributed by atoms with Crippen molar-refractivity contribution in [3.63, 3.8) is 0 Å². The highest BCUT2D eigenvalue weighted by Gasteiger charge is 2.31. The average Bonchev–Trinajstić information content (AvgIpc) is 2.81. The Morgan fingerprint density at radius 3 is 2.25 bits per heavy atom. The second-order valence-electron chi connectivity index (χ2n) is 4.24. The van der Waals surface area contributed by atoms with Crippen molar-refractivity contribution in [2.24, 2.45) is 0 Å². The molecular formula is C11H23N5. The van der Waals surface area contributed by atoms with Crippen molar-refractivity contribution in [1.82, 2.24) is 25.5 Å². The van der Waals surface area contributed by atoms with Gasteiger partial charge in [0, 0.05) is 0 Å². The van der Waals surface area contributed by atoms with Gasteiger partial charge in [0.15, 0.2) is 5.82 Å². The minimum absolute atomic E-state index is 0.0595. The first-order valence-corrected chi connectivity index (χ1v) is 6.11. The van der Waals surface area contributed by atoms with Gasteiger partial charge >= 0.3 is 0 Å². The Morgan fingerprint density at radius 1 is 1.25 bits per heavy atom. The lowest BCUT2D eigenvalue weighted by Gasteiger charge is -2.32. The molecule has 0 saturated heterocycles. The summed E-state index contributed by atoms with van der Waals surface area (Å²) in [6, 6.07) is 0.180. The van der Waals surface area contributed by atoms with Crippen LogP contribution in [0.3, 0.4) is 0 Å². The third-order valence-corrected chi connectivity index (χ3v) is 3.74. The van der Waals surface area contributed by atoms with E-state index in [2.05, 4.69) is 48.5 Å². The molecule has 0 aliphatic heterocycles. The van der Waals surface area contributed by atoms with Crippen LogP contribution < -0.4 is 5.32 Å². The zero-order chi connectivity index (χ0) is 12.2. The molecule has 1 N–H and O–H groups in total. The summed E-state index contributed by atoms with van der Waals surface area (Å²) in [5.74, 6) is 0.924. The molecule has 0 aliphatic rings. The van der Waals surface area contributed by atoms with Crippen LogP contribution in [0.15, 0.2) is 0 Å². The fourth-order valence-corrected chi connectivity index (χ4v) is 2.13. The highest BCUT2D eigenvalue weighted by Crippen LogP contribution is 2.30. The van der Waals surface area contributed by atoms with Crippen LogP contribution in [0.5, 0.6) is 0 Å². The van der Waals surface area contributed by atoms with Crippen molar-refractivity contribution < 1.29 is 0 Å². The molecule has 1 heterocycles. The largest absolute Gasteiger partial charge is 0.311 e. The molecule has 0 aromatic carbocycles. The summed E-state index contributed by atoms with van der Waals surface area (Å²) < 4.78 is 2.01. The summed E-state index contributed by atoms with van der Waals surface area (Å²) in [5, 5.41) is 15.3. The van der Waals surface area contributed by atoms with Gasteiger partial charge in [-0.05, 0) is 43.7 Å². The predicted molar refractivity (Wildman–Crippen MR) is 64.1 cm³/mol. The van der Waals surface area contributed by atoms with Crippen LogP contribution in [-0.4, -0.2) is 27.3 Å². The van der Waals surface area contributed by atoms with Crippen molar-refractivity contribution in [3.8, 4) is 0 Å². The second kappa shape index (κ2) is 5.39. The Bertz CT molecular complexity index is 308. The molecule has 0 amide bonds. The minimum Gasteiger partial charge on any atom is -0.311 e. The van der Waals surface area contributed by atoms with Gasteiger partial charge in [0.25, 0.3) is 0 Å². The maximum atomic E-state index is 4.19. The number of rotatable bonds is 6. The van der Waals surface area contributed by atoms with Crippen molar-refractivity contribution in [2.75, 3.05) is 7.05 Å². The zero-order valence-corrected chi connectivity index (χ0v) is 11.0. The number of aromatic nitrogens is 4. The lowest BCUT2D eigenvalue weighted by molar-refractivity contribution is 0.209. The molecule has 0 bridgehead atoms. The van der Waals surface area contributed by atoms with Gasteiger partial charge < -0.3 is 5.32 Å². The van der Waals surface area contributed by atoms with Crippen LogP contribution in [0.1, 0.15) is 58.8 Å². The highest BCUT2D eigenvalue weighted by atomic mass is 15.6. The summed E-state index contributed by atoms with van der Waals surface area (Å²) >= 11 is 0. The molecule has 16 heavy (non-hydrogen) atoms. The van der Waals surface area contributed by atoms with E-state index in [1.165, 1.54) is 0 Å². The molecule has 92 valence electrons. The summed E-state index contributed by atoms with van der Waals surface area (Å²) in [6.45, 7) is 8.67. The van der Waals surface area contributed by atoms with Crippen LogP contribution in [0.2, 0.25) is 0 Å².